The van der Waals surface area contributed by atoms with Gasteiger partial charge in [0.1, 0.15) is 11.6 Å². The van der Waals surface area contributed by atoms with Crippen LogP contribution in [0, 0.1) is 6.92 Å². The Kier molecular flexibility index (Phi) is 6.64. The number of halogens is 2. The summed E-state index contributed by atoms with van der Waals surface area (Å²) in [7, 11) is 0. The summed E-state index contributed by atoms with van der Waals surface area (Å²) in [5, 5.41) is 3.26. The molecule has 1 amide bonds. The van der Waals surface area contributed by atoms with Gasteiger partial charge in [-0.2, -0.15) is 8.78 Å². The summed E-state index contributed by atoms with van der Waals surface area (Å²) in [6, 6.07) is 16.4. The molecule has 2 aromatic heterocycles. The minimum atomic E-state index is -3.02. The van der Waals surface area contributed by atoms with E-state index in [9.17, 15) is 18.4 Å². The maximum atomic E-state index is 13.2. The minimum absolute atomic E-state index is 0.118. The first-order chi connectivity index (χ1) is 15.9. The Morgan fingerprint density at radius 3 is 2.70 bits per heavy atom. The van der Waals surface area contributed by atoms with Crippen LogP contribution in [0.15, 0.2) is 76.8 Å². The van der Waals surface area contributed by atoms with E-state index >= 15 is 0 Å². The Hall–Kier alpha value is -3.79. The largest absolute Gasteiger partial charge is 0.433 e. The SMILES string of the molecule is Cc1ccnc(-n2c(SCC(=O)Nc3ccccc3OC(F)F)nc3ccccc3c2=O)c1. The van der Waals surface area contributed by atoms with E-state index in [2.05, 4.69) is 20.0 Å². The third kappa shape index (κ3) is 5.17. The summed E-state index contributed by atoms with van der Waals surface area (Å²) in [5.74, 6) is -0.358. The predicted octanol–water partition coefficient (Wildman–Crippen LogP) is 4.42. The molecule has 0 saturated heterocycles. The molecule has 7 nitrogen and oxygen atoms in total. The van der Waals surface area contributed by atoms with Gasteiger partial charge in [0, 0.05) is 6.20 Å². The molecule has 0 fully saturated rings. The fraction of sp³-hybridized carbons (Fsp3) is 0.130. The van der Waals surface area contributed by atoms with Gasteiger partial charge in [0.05, 0.1) is 22.3 Å². The van der Waals surface area contributed by atoms with Crippen LogP contribution in [0.2, 0.25) is 0 Å². The van der Waals surface area contributed by atoms with Crippen molar-refractivity contribution in [3.05, 3.63) is 82.8 Å². The summed E-state index contributed by atoms with van der Waals surface area (Å²) >= 11 is 1.03. The van der Waals surface area contributed by atoms with Crippen molar-refractivity contribution in [1.82, 2.24) is 14.5 Å². The molecule has 2 aromatic carbocycles. The Morgan fingerprint density at radius 2 is 1.91 bits per heavy atom. The molecule has 0 unspecified atom stereocenters. The van der Waals surface area contributed by atoms with E-state index in [0.29, 0.717) is 16.7 Å². The molecule has 0 spiro atoms. The number of hydrogen-bond acceptors (Lipinski definition) is 6. The molecule has 0 saturated carbocycles. The number of ether oxygens (including phenoxy) is 1. The van der Waals surface area contributed by atoms with Gasteiger partial charge in [0.15, 0.2) is 5.16 Å². The van der Waals surface area contributed by atoms with Crippen molar-refractivity contribution in [1.29, 1.82) is 0 Å². The molecule has 0 aliphatic carbocycles. The molecule has 2 heterocycles. The van der Waals surface area contributed by atoms with Crippen molar-refractivity contribution in [3.63, 3.8) is 0 Å². The van der Waals surface area contributed by atoms with Gasteiger partial charge in [-0.05, 0) is 48.9 Å². The number of para-hydroxylation sites is 3. The molecule has 10 heteroatoms. The standard InChI is InChI=1S/C23H18F2N4O3S/c1-14-10-11-26-19(12-14)29-21(31)15-6-2-3-7-16(15)28-23(29)33-13-20(30)27-17-8-4-5-9-18(17)32-22(24)25/h2-12,22H,13H2,1H3,(H,27,30). The van der Waals surface area contributed by atoms with E-state index in [1.165, 1.54) is 22.8 Å². The number of pyridine rings is 1. The Labute approximate surface area is 191 Å². The maximum Gasteiger partial charge on any atom is 0.387 e. The first-order valence-electron chi connectivity index (χ1n) is 9.83. The number of benzene rings is 2. The molecule has 0 atom stereocenters. The van der Waals surface area contributed by atoms with E-state index in [0.717, 1.165) is 17.3 Å². The lowest BCUT2D eigenvalue weighted by molar-refractivity contribution is -0.113. The molecule has 0 bridgehead atoms. The van der Waals surface area contributed by atoms with E-state index in [1.54, 1.807) is 42.6 Å². The molecular formula is C23H18F2N4O3S. The Bertz CT molecular complexity index is 1380. The second-order valence-corrected chi connectivity index (χ2v) is 7.90. The first kappa shape index (κ1) is 22.4. The zero-order valence-corrected chi connectivity index (χ0v) is 18.2. The molecule has 0 aliphatic rings. The highest BCUT2D eigenvalue weighted by Gasteiger charge is 2.17. The van der Waals surface area contributed by atoms with Gasteiger partial charge in [-0.15, -0.1) is 0 Å². The number of nitrogens with one attached hydrogen (secondary N) is 1. The van der Waals surface area contributed by atoms with Gasteiger partial charge in [-0.25, -0.2) is 14.5 Å². The number of aryl methyl sites for hydroxylation is 1. The van der Waals surface area contributed by atoms with E-state index < -0.39 is 12.5 Å². The fourth-order valence-electron chi connectivity index (χ4n) is 3.14. The van der Waals surface area contributed by atoms with Crippen molar-refractivity contribution < 1.29 is 18.3 Å². The number of nitrogens with zero attached hydrogens (tertiary/aromatic N) is 3. The molecule has 0 radical (unpaired) electrons. The lowest BCUT2D eigenvalue weighted by Gasteiger charge is -2.14. The maximum absolute atomic E-state index is 13.2. The van der Waals surface area contributed by atoms with Crippen molar-refractivity contribution in [2.24, 2.45) is 0 Å². The molecule has 4 rings (SSSR count). The van der Waals surface area contributed by atoms with E-state index in [1.807, 2.05) is 13.0 Å². The summed E-state index contributed by atoms with van der Waals surface area (Å²) in [4.78, 5) is 34.6. The van der Waals surface area contributed by atoms with E-state index in [4.69, 9.17) is 0 Å². The minimum Gasteiger partial charge on any atom is -0.433 e. The Balaban J connectivity index is 1.63. The number of rotatable bonds is 7. The number of carbonyl (C=O) groups is 1. The lowest BCUT2D eigenvalue weighted by Crippen LogP contribution is -2.23. The van der Waals surface area contributed by atoms with Gasteiger partial charge in [0.2, 0.25) is 5.91 Å². The van der Waals surface area contributed by atoms with Crippen molar-refractivity contribution in [2.75, 3.05) is 11.1 Å². The second-order valence-electron chi connectivity index (χ2n) is 6.95. The number of aromatic nitrogens is 3. The Morgan fingerprint density at radius 1 is 1.15 bits per heavy atom. The van der Waals surface area contributed by atoms with Crippen LogP contribution >= 0.6 is 11.8 Å². The van der Waals surface area contributed by atoms with Crippen LogP contribution in [-0.2, 0) is 4.79 Å². The number of amides is 1. The number of carbonyl (C=O) groups excluding carboxylic acids is 1. The van der Waals surface area contributed by atoms with Crippen molar-refractivity contribution in [2.45, 2.75) is 18.7 Å². The number of alkyl halides is 2. The summed E-state index contributed by atoms with van der Waals surface area (Å²) < 4.78 is 31.0. The highest BCUT2D eigenvalue weighted by molar-refractivity contribution is 7.99. The zero-order chi connectivity index (χ0) is 23.4. The van der Waals surface area contributed by atoms with Crippen molar-refractivity contribution in [3.8, 4) is 11.6 Å². The van der Waals surface area contributed by atoms with Crippen LogP contribution < -0.4 is 15.6 Å². The van der Waals surface area contributed by atoms with Crippen molar-refractivity contribution >= 4 is 34.3 Å². The van der Waals surface area contributed by atoms with Crippen LogP contribution in [0.3, 0.4) is 0 Å². The normalized spacial score (nSPS) is 11.0. The molecule has 168 valence electrons. The topological polar surface area (TPSA) is 86.1 Å². The number of fused-ring (bicyclic) bond motifs is 1. The number of anilines is 1. The van der Waals surface area contributed by atoms with Crippen LogP contribution in [0.4, 0.5) is 14.5 Å². The van der Waals surface area contributed by atoms with Gasteiger partial charge in [-0.3, -0.25) is 9.59 Å². The average molecular weight is 468 g/mol. The third-order valence-corrected chi connectivity index (χ3v) is 5.52. The lowest BCUT2D eigenvalue weighted by atomic mass is 10.2. The van der Waals surface area contributed by atoms with Crippen LogP contribution in [0.25, 0.3) is 16.7 Å². The van der Waals surface area contributed by atoms with Crippen LogP contribution in [0.1, 0.15) is 5.56 Å². The highest BCUT2D eigenvalue weighted by Crippen LogP contribution is 2.26. The smallest absolute Gasteiger partial charge is 0.387 e. The third-order valence-electron chi connectivity index (χ3n) is 4.58. The monoisotopic (exact) mass is 468 g/mol. The number of hydrogen-bond donors (Lipinski definition) is 1. The van der Waals surface area contributed by atoms with Gasteiger partial charge < -0.3 is 10.1 Å². The van der Waals surface area contributed by atoms with Gasteiger partial charge in [-0.1, -0.05) is 36.0 Å². The summed E-state index contributed by atoms with van der Waals surface area (Å²) in [6.45, 7) is -1.14. The highest BCUT2D eigenvalue weighted by atomic mass is 32.2. The van der Waals surface area contributed by atoms with Crippen LogP contribution in [0.5, 0.6) is 5.75 Å². The number of thioether (sulfide) groups is 1. The average Bonchev–Trinajstić information content (AvgIpc) is 2.79. The second kappa shape index (κ2) is 9.78. The van der Waals surface area contributed by atoms with Gasteiger partial charge in [0.25, 0.3) is 5.56 Å². The first-order valence-corrected chi connectivity index (χ1v) is 10.8. The molecular weight excluding hydrogens is 450 g/mol. The van der Waals surface area contributed by atoms with E-state index in [-0.39, 0.29) is 27.9 Å². The molecule has 33 heavy (non-hydrogen) atoms. The fourth-order valence-corrected chi connectivity index (χ4v) is 3.94. The predicted molar refractivity (Wildman–Crippen MR) is 122 cm³/mol. The molecule has 1 N–H and O–H groups in total. The quantitative estimate of drug-likeness (QED) is 0.319. The summed E-state index contributed by atoms with van der Waals surface area (Å²) in [5.41, 5.74) is 1.21. The van der Waals surface area contributed by atoms with Gasteiger partial charge >= 0.3 is 6.61 Å². The summed E-state index contributed by atoms with van der Waals surface area (Å²) in [6.07, 6.45) is 1.59. The zero-order valence-electron chi connectivity index (χ0n) is 17.4. The molecule has 4 aromatic rings. The molecule has 0 aliphatic heterocycles. The van der Waals surface area contributed by atoms with Crippen LogP contribution in [-0.4, -0.2) is 32.8 Å².